The van der Waals surface area contributed by atoms with Crippen molar-refractivity contribution in [1.29, 1.82) is 0 Å². The van der Waals surface area contributed by atoms with Gasteiger partial charge >= 0.3 is 6.18 Å². The molecule has 1 aliphatic heterocycles. The molecule has 6 nitrogen and oxygen atoms in total. The lowest BCUT2D eigenvalue weighted by Crippen LogP contribution is -2.45. The molecule has 1 aliphatic rings. The summed E-state index contributed by atoms with van der Waals surface area (Å²) in [6.45, 7) is 2.22. The van der Waals surface area contributed by atoms with E-state index in [9.17, 15) is 22.4 Å². The molecule has 1 fully saturated rings. The fraction of sp³-hybridized carbons (Fsp3) is 0.579. The Kier molecular flexibility index (Phi) is 10.8. The second-order valence-corrected chi connectivity index (χ2v) is 7.13. The maximum absolute atomic E-state index is 13.0. The number of nitrogens with one attached hydrogen (secondary N) is 2. The molecule has 30 heavy (non-hydrogen) atoms. The van der Waals surface area contributed by atoms with Crippen molar-refractivity contribution < 1.29 is 22.4 Å². The Labute approximate surface area is 190 Å². The van der Waals surface area contributed by atoms with Gasteiger partial charge in [0.25, 0.3) is 0 Å². The van der Waals surface area contributed by atoms with E-state index in [1.807, 2.05) is 6.92 Å². The van der Waals surface area contributed by atoms with Crippen LogP contribution in [0.15, 0.2) is 29.3 Å². The second kappa shape index (κ2) is 12.3. The van der Waals surface area contributed by atoms with Crippen molar-refractivity contribution in [2.24, 2.45) is 16.6 Å². The molecule has 0 aliphatic carbocycles. The number of hydrogen-bond acceptors (Lipinski definition) is 3. The second-order valence-electron chi connectivity index (χ2n) is 7.13. The number of rotatable bonds is 8. The minimum Gasteiger partial charge on any atom is -0.369 e. The first-order chi connectivity index (χ1) is 13.7. The lowest BCUT2D eigenvalue weighted by atomic mass is 9.99. The van der Waals surface area contributed by atoms with Crippen LogP contribution >= 0.6 is 24.0 Å². The van der Waals surface area contributed by atoms with Crippen LogP contribution in [0.25, 0.3) is 0 Å². The van der Waals surface area contributed by atoms with Crippen LogP contribution in [0.2, 0.25) is 0 Å². The number of likely N-dealkylation sites (tertiary alicyclic amines) is 1. The number of primary amides is 1. The molecule has 0 bridgehead atoms. The fourth-order valence-corrected chi connectivity index (χ4v) is 3.22. The van der Waals surface area contributed by atoms with Gasteiger partial charge in [-0.1, -0.05) is 12.1 Å². The summed E-state index contributed by atoms with van der Waals surface area (Å²) < 4.78 is 50.7. The molecule has 11 heteroatoms. The maximum Gasteiger partial charge on any atom is 0.401 e. The van der Waals surface area contributed by atoms with Gasteiger partial charge < -0.3 is 16.4 Å². The topological polar surface area (TPSA) is 82.7 Å². The molecule has 2 rings (SSSR count). The molecule has 0 aromatic heterocycles. The third-order valence-electron chi connectivity index (χ3n) is 4.63. The molecule has 0 spiro atoms. The smallest absolute Gasteiger partial charge is 0.369 e. The van der Waals surface area contributed by atoms with Crippen LogP contribution in [-0.2, 0) is 11.2 Å². The number of nitrogens with two attached hydrogens (primary N) is 1. The average Bonchev–Trinajstić information content (AvgIpc) is 3.04. The molecule has 1 heterocycles. The van der Waals surface area contributed by atoms with Crippen LogP contribution in [0.4, 0.5) is 17.6 Å². The average molecular weight is 545 g/mol. The molecule has 1 aromatic rings. The van der Waals surface area contributed by atoms with E-state index in [-0.39, 0.29) is 48.9 Å². The fourth-order valence-electron chi connectivity index (χ4n) is 3.22. The maximum atomic E-state index is 13.0. The lowest BCUT2D eigenvalue weighted by Gasteiger charge is -2.20. The van der Waals surface area contributed by atoms with Gasteiger partial charge in [0.1, 0.15) is 5.82 Å². The summed E-state index contributed by atoms with van der Waals surface area (Å²) in [5, 5.41) is 6.16. The Morgan fingerprint density at radius 2 is 2.00 bits per heavy atom. The summed E-state index contributed by atoms with van der Waals surface area (Å²) in [4.78, 5) is 17.5. The first-order valence-electron chi connectivity index (χ1n) is 9.54. The third-order valence-corrected chi connectivity index (χ3v) is 4.63. The van der Waals surface area contributed by atoms with Gasteiger partial charge in [-0.15, -0.1) is 24.0 Å². The van der Waals surface area contributed by atoms with E-state index in [4.69, 9.17) is 5.73 Å². The third kappa shape index (κ3) is 9.45. The SMILES string of the molecule is CCNC(=NCC(Cc1ccc(F)cc1)C(N)=O)NC1CCN(CC(F)(F)F)C1.I. The van der Waals surface area contributed by atoms with Gasteiger partial charge in [-0.25, -0.2) is 4.39 Å². The predicted molar refractivity (Wildman–Crippen MR) is 118 cm³/mol. The van der Waals surface area contributed by atoms with Gasteiger partial charge in [0.15, 0.2) is 5.96 Å². The van der Waals surface area contributed by atoms with Crippen molar-refractivity contribution in [2.75, 3.05) is 32.7 Å². The normalized spacial score (nSPS) is 18.6. The largest absolute Gasteiger partial charge is 0.401 e. The summed E-state index contributed by atoms with van der Waals surface area (Å²) in [5.41, 5.74) is 6.24. The van der Waals surface area contributed by atoms with Crippen molar-refractivity contribution in [1.82, 2.24) is 15.5 Å². The molecule has 0 saturated carbocycles. The highest BCUT2D eigenvalue weighted by Crippen LogP contribution is 2.20. The zero-order valence-electron chi connectivity index (χ0n) is 16.7. The molecule has 170 valence electrons. The van der Waals surface area contributed by atoms with E-state index in [1.165, 1.54) is 17.0 Å². The van der Waals surface area contributed by atoms with E-state index in [0.29, 0.717) is 31.9 Å². The van der Waals surface area contributed by atoms with E-state index in [0.717, 1.165) is 5.56 Å². The first kappa shape index (κ1) is 26.4. The molecular formula is C19H28F4IN5O. The highest BCUT2D eigenvalue weighted by molar-refractivity contribution is 14.0. The number of aliphatic imine (C=N–C) groups is 1. The van der Waals surface area contributed by atoms with Crippen LogP contribution in [0.1, 0.15) is 18.9 Å². The molecule has 1 amide bonds. The van der Waals surface area contributed by atoms with Crippen LogP contribution in [0.5, 0.6) is 0 Å². The van der Waals surface area contributed by atoms with E-state index in [1.54, 1.807) is 12.1 Å². The number of hydrogen-bond donors (Lipinski definition) is 3. The van der Waals surface area contributed by atoms with Gasteiger partial charge in [-0.05, 0) is 37.5 Å². The van der Waals surface area contributed by atoms with Gasteiger partial charge in [0.05, 0.1) is 19.0 Å². The minimum absolute atomic E-state index is 0. The number of halogens is 5. The summed E-state index contributed by atoms with van der Waals surface area (Å²) in [7, 11) is 0. The minimum atomic E-state index is -4.22. The monoisotopic (exact) mass is 545 g/mol. The number of carbonyl (C=O) groups excluding carboxylic acids is 1. The molecule has 4 N–H and O–H groups in total. The van der Waals surface area contributed by atoms with Crippen LogP contribution in [-0.4, -0.2) is 61.7 Å². The number of carbonyl (C=O) groups is 1. The Morgan fingerprint density at radius 3 is 2.57 bits per heavy atom. The molecular weight excluding hydrogens is 517 g/mol. The molecule has 2 unspecified atom stereocenters. The van der Waals surface area contributed by atoms with Gasteiger partial charge in [-0.2, -0.15) is 13.2 Å². The zero-order valence-corrected chi connectivity index (χ0v) is 19.0. The number of guanidine groups is 1. The van der Waals surface area contributed by atoms with Crippen molar-refractivity contribution in [2.45, 2.75) is 32.0 Å². The van der Waals surface area contributed by atoms with E-state index >= 15 is 0 Å². The Balaban J connectivity index is 0.00000450. The zero-order chi connectivity index (χ0) is 21.4. The summed E-state index contributed by atoms with van der Waals surface area (Å²) >= 11 is 0. The number of nitrogens with zero attached hydrogens (tertiary/aromatic N) is 2. The molecule has 2 atom stereocenters. The van der Waals surface area contributed by atoms with Crippen LogP contribution < -0.4 is 16.4 Å². The highest BCUT2D eigenvalue weighted by atomic mass is 127. The summed E-state index contributed by atoms with van der Waals surface area (Å²) in [6, 6.07) is 5.64. The van der Waals surface area contributed by atoms with Crippen molar-refractivity contribution in [3.8, 4) is 0 Å². The predicted octanol–water partition coefficient (Wildman–Crippen LogP) is 2.28. The van der Waals surface area contributed by atoms with Crippen molar-refractivity contribution in [3.05, 3.63) is 35.6 Å². The Bertz CT molecular complexity index is 699. The number of benzene rings is 1. The van der Waals surface area contributed by atoms with Gasteiger partial charge in [-0.3, -0.25) is 14.7 Å². The number of alkyl halides is 3. The van der Waals surface area contributed by atoms with Crippen LogP contribution in [0.3, 0.4) is 0 Å². The molecule has 0 radical (unpaired) electrons. The Morgan fingerprint density at radius 1 is 1.33 bits per heavy atom. The van der Waals surface area contributed by atoms with Crippen LogP contribution in [0, 0.1) is 11.7 Å². The Hall–Kier alpha value is -1.63. The van der Waals surface area contributed by atoms with Gasteiger partial charge in [0, 0.05) is 25.7 Å². The standard InChI is InChI=1S/C19H27F4N5O.HI/c1-2-25-18(27-16-7-8-28(11-16)12-19(21,22)23)26-10-14(17(24)29)9-13-3-5-15(20)6-4-13;/h3-6,14,16H,2,7-12H2,1H3,(H2,24,29)(H2,25,26,27);1H. The highest BCUT2D eigenvalue weighted by Gasteiger charge is 2.34. The van der Waals surface area contributed by atoms with E-state index < -0.39 is 24.5 Å². The molecule has 1 saturated heterocycles. The van der Waals surface area contributed by atoms with Crippen molar-refractivity contribution >= 4 is 35.8 Å². The first-order valence-corrected chi connectivity index (χ1v) is 9.54. The van der Waals surface area contributed by atoms with E-state index in [2.05, 4.69) is 15.6 Å². The lowest BCUT2D eigenvalue weighted by molar-refractivity contribution is -0.143. The molecule has 1 aromatic carbocycles. The summed E-state index contributed by atoms with van der Waals surface area (Å²) in [5.74, 6) is -1.04. The number of amides is 1. The summed E-state index contributed by atoms with van der Waals surface area (Å²) in [6.07, 6.45) is -3.33. The quantitative estimate of drug-likeness (QED) is 0.203. The van der Waals surface area contributed by atoms with Crippen molar-refractivity contribution in [3.63, 3.8) is 0 Å². The van der Waals surface area contributed by atoms with Gasteiger partial charge in [0.2, 0.25) is 5.91 Å².